The van der Waals surface area contributed by atoms with Gasteiger partial charge in [-0.3, -0.25) is 4.79 Å². The van der Waals surface area contributed by atoms with Crippen molar-refractivity contribution in [1.82, 2.24) is 15.5 Å². The molecule has 1 aliphatic heterocycles. The SMILES string of the molecule is CC(C)(C)CN1CC(NC(=O)NCc2ccco2)CC1=O. The minimum atomic E-state index is -0.276. The lowest BCUT2D eigenvalue weighted by molar-refractivity contribution is -0.128. The first-order valence-electron chi connectivity index (χ1n) is 7.18. The van der Waals surface area contributed by atoms with Gasteiger partial charge in [0, 0.05) is 19.5 Å². The normalized spacial score (nSPS) is 18.9. The summed E-state index contributed by atoms with van der Waals surface area (Å²) in [7, 11) is 0. The van der Waals surface area contributed by atoms with Gasteiger partial charge in [0.15, 0.2) is 0 Å². The third-order valence-electron chi connectivity index (χ3n) is 3.22. The number of carbonyl (C=O) groups excluding carboxylic acids is 2. The Morgan fingerprint density at radius 2 is 2.24 bits per heavy atom. The zero-order chi connectivity index (χ0) is 15.5. The molecule has 1 unspecified atom stereocenters. The van der Waals surface area contributed by atoms with Crippen molar-refractivity contribution >= 4 is 11.9 Å². The van der Waals surface area contributed by atoms with Gasteiger partial charge in [0.25, 0.3) is 0 Å². The topological polar surface area (TPSA) is 74.6 Å². The standard InChI is InChI=1S/C15H23N3O3/c1-15(2,3)10-18-9-11(7-13(18)19)17-14(20)16-8-12-5-4-6-21-12/h4-6,11H,7-10H2,1-3H3,(H2,16,17,20). The van der Waals surface area contributed by atoms with E-state index in [0.717, 1.165) is 0 Å². The van der Waals surface area contributed by atoms with Crippen LogP contribution in [0.3, 0.4) is 0 Å². The summed E-state index contributed by atoms with van der Waals surface area (Å²) in [4.78, 5) is 25.5. The number of likely N-dealkylation sites (tertiary alicyclic amines) is 1. The molecule has 0 saturated carbocycles. The zero-order valence-corrected chi connectivity index (χ0v) is 12.8. The molecule has 1 saturated heterocycles. The highest BCUT2D eigenvalue weighted by molar-refractivity contribution is 5.81. The summed E-state index contributed by atoms with van der Waals surface area (Å²) in [6, 6.07) is 3.16. The first kappa shape index (κ1) is 15.4. The molecule has 6 nitrogen and oxygen atoms in total. The molecule has 1 atom stereocenters. The van der Waals surface area contributed by atoms with E-state index in [9.17, 15) is 9.59 Å². The van der Waals surface area contributed by atoms with E-state index in [1.165, 1.54) is 0 Å². The van der Waals surface area contributed by atoms with Crippen LogP contribution in [0.25, 0.3) is 0 Å². The molecule has 3 amide bonds. The number of furan rings is 1. The Morgan fingerprint density at radius 1 is 1.48 bits per heavy atom. The van der Waals surface area contributed by atoms with Gasteiger partial charge in [0.2, 0.25) is 5.91 Å². The second-order valence-electron chi connectivity index (χ2n) is 6.64. The molecular formula is C15H23N3O3. The van der Waals surface area contributed by atoms with Crippen LogP contribution < -0.4 is 10.6 Å². The van der Waals surface area contributed by atoms with Crippen molar-refractivity contribution in [2.75, 3.05) is 13.1 Å². The van der Waals surface area contributed by atoms with Gasteiger partial charge in [-0.25, -0.2) is 4.79 Å². The molecule has 116 valence electrons. The molecule has 1 aromatic heterocycles. The summed E-state index contributed by atoms with van der Waals surface area (Å²) in [5, 5.41) is 5.55. The van der Waals surface area contributed by atoms with E-state index in [1.54, 1.807) is 18.4 Å². The fraction of sp³-hybridized carbons (Fsp3) is 0.600. The minimum absolute atomic E-state index is 0.0616. The second kappa shape index (κ2) is 6.20. The van der Waals surface area contributed by atoms with Gasteiger partial charge >= 0.3 is 6.03 Å². The Hall–Kier alpha value is -1.98. The molecule has 2 N–H and O–H groups in total. The van der Waals surface area contributed by atoms with Gasteiger partial charge < -0.3 is 20.0 Å². The molecule has 0 spiro atoms. The van der Waals surface area contributed by atoms with E-state index >= 15 is 0 Å². The van der Waals surface area contributed by atoms with Crippen molar-refractivity contribution in [2.24, 2.45) is 5.41 Å². The molecule has 2 rings (SSSR count). The minimum Gasteiger partial charge on any atom is -0.467 e. The number of hydrogen-bond donors (Lipinski definition) is 2. The Labute approximate surface area is 124 Å². The van der Waals surface area contributed by atoms with Crippen LogP contribution >= 0.6 is 0 Å². The summed E-state index contributed by atoms with van der Waals surface area (Å²) in [5.41, 5.74) is 0.0616. The highest BCUT2D eigenvalue weighted by Crippen LogP contribution is 2.20. The van der Waals surface area contributed by atoms with Gasteiger partial charge in [-0.2, -0.15) is 0 Å². The molecule has 1 fully saturated rings. The van der Waals surface area contributed by atoms with Crippen molar-refractivity contribution < 1.29 is 14.0 Å². The highest BCUT2D eigenvalue weighted by Gasteiger charge is 2.32. The fourth-order valence-electron chi connectivity index (χ4n) is 2.41. The number of carbonyl (C=O) groups is 2. The van der Waals surface area contributed by atoms with Crippen LogP contribution in [0.15, 0.2) is 22.8 Å². The third-order valence-corrected chi connectivity index (χ3v) is 3.22. The summed E-state index contributed by atoms with van der Waals surface area (Å²) < 4.78 is 5.14. The predicted octanol–water partition coefficient (Wildman–Crippen LogP) is 1.73. The number of urea groups is 1. The van der Waals surface area contributed by atoms with Crippen LogP contribution in [-0.2, 0) is 11.3 Å². The Morgan fingerprint density at radius 3 is 2.86 bits per heavy atom. The average molecular weight is 293 g/mol. The number of rotatable bonds is 4. The van der Waals surface area contributed by atoms with Crippen molar-refractivity contribution in [2.45, 2.75) is 39.8 Å². The molecule has 2 heterocycles. The van der Waals surface area contributed by atoms with E-state index in [2.05, 4.69) is 31.4 Å². The number of nitrogens with zero attached hydrogens (tertiary/aromatic N) is 1. The largest absolute Gasteiger partial charge is 0.467 e. The summed E-state index contributed by atoms with van der Waals surface area (Å²) in [6.07, 6.45) is 1.93. The van der Waals surface area contributed by atoms with Gasteiger partial charge in [-0.15, -0.1) is 0 Å². The smallest absolute Gasteiger partial charge is 0.315 e. The van der Waals surface area contributed by atoms with Gasteiger partial charge in [-0.1, -0.05) is 20.8 Å². The average Bonchev–Trinajstić information content (AvgIpc) is 2.96. The molecule has 0 aliphatic carbocycles. The van der Waals surface area contributed by atoms with E-state index < -0.39 is 0 Å². The third kappa shape index (κ3) is 4.81. The number of hydrogen-bond acceptors (Lipinski definition) is 3. The predicted molar refractivity (Wildman–Crippen MR) is 78.5 cm³/mol. The molecule has 21 heavy (non-hydrogen) atoms. The molecule has 1 aromatic rings. The van der Waals surface area contributed by atoms with Crippen LogP contribution in [0.5, 0.6) is 0 Å². The van der Waals surface area contributed by atoms with Crippen molar-refractivity contribution in [1.29, 1.82) is 0 Å². The Bertz CT molecular complexity index is 491. The summed E-state index contributed by atoms with van der Waals surface area (Å²) >= 11 is 0. The van der Waals surface area contributed by atoms with Gasteiger partial charge in [-0.05, 0) is 17.5 Å². The molecule has 1 aliphatic rings. The van der Waals surface area contributed by atoms with Crippen LogP contribution in [0, 0.1) is 5.41 Å². The quantitative estimate of drug-likeness (QED) is 0.887. The molecule has 0 bridgehead atoms. The van der Waals surface area contributed by atoms with Crippen molar-refractivity contribution in [3.8, 4) is 0 Å². The zero-order valence-electron chi connectivity index (χ0n) is 12.8. The maximum absolute atomic E-state index is 11.9. The maximum atomic E-state index is 11.9. The maximum Gasteiger partial charge on any atom is 0.315 e. The fourth-order valence-corrected chi connectivity index (χ4v) is 2.41. The van der Waals surface area contributed by atoms with Gasteiger partial charge in [0.1, 0.15) is 5.76 Å². The van der Waals surface area contributed by atoms with E-state index in [-0.39, 0.29) is 23.4 Å². The van der Waals surface area contributed by atoms with Crippen LogP contribution in [-0.4, -0.2) is 36.0 Å². The van der Waals surface area contributed by atoms with Crippen LogP contribution in [0.4, 0.5) is 4.79 Å². The van der Waals surface area contributed by atoms with Crippen LogP contribution in [0.1, 0.15) is 33.0 Å². The summed E-state index contributed by atoms with van der Waals surface area (Å²) in [6.45, 7) is 7.90. The van der Waals surface area contributed by atoms with Crippen LogP contribution in [0.2, 0.25) is 0 Å². The number of amides is 3. The monoisotopic (exact) mass is 293 g/mol. The van der Waals surface area contributed by atoms with E-state index in [0.29, 0.717) is 31.8 Å². The first-order chi connectivity index (χ1) is 9.83. The molecule has 6 heteroatoms. The second-order valence-corrected chi connectivity index (χ2v) is 6.64. The Kier molecular flexibility index (Phi) is 4.55. The molecule has 0 radical (unpaired) electrons. The van der Waals surface area contributed by atoms with Crippen molar-refractivity contribution in [3.05, 3.63) is 24.2 Å². The lowest BCUT2D eigenvalue weighted by atomic mass is 9.96. The highest BCUT2D eigenvalue weighted by atomic mass is 16.3. The molecule has 0 aromatic carbocycles. The van der Waals surface area contributed by atoms with Crippen molar-refractivity contribution in [3.63, 3.8) is 0 Å². The first-order valence-corrected chi connectivity index (χ1v) is 7.18. The van der Waals surface area contributed by atoms with E-state index in [1.807, 2.05) is 4.90 Å². The molecular weight excluding hydrogens is 270 g/mol. The Balaban J connectivity index is 1.76. The summed E-state index contributed by atoms with van der Waals surface area (Å²) in [5.74, 6) is 0.795. The lowest BCUT2D eigenvalue weighted by Gasteiger charge is -2.26. The van der Waals surface area contributed by atoms with E-state index in [4.69, 9.17) is 4.42 Å². The van der Waals surface area contributed by atoms with Gasteiger partial charge in [0.05, 0.1) is 18.8 Å². The lowest BCUT2D eigenvalue weighted by Crippen LogP contribution is -2.43. The number of nitrogens with one attached hydrogen (secondary N) is 2.